The van der Waals surface area contributed by atoms with Gasteiger partial charge in [0.2, 0.25) is 11.8 Å². The van der Waals surface area contributed by atoms with Crippen molar-refractivity contribution in [3.05, 3.63) is 80.9 Å². The topological polar surface area (TPSA) is 272 Å². The number of ether oxygens (including phenoxy) is 5. The number of benzene rings is 2. The summed E-state index contributed by atoms with van der Waals surface area (Å²) in [5.74, 6) is -4.28. The van der Waals surface area contributed by atoms with Crippen molar-refractivity contribution in [3.8, 4) is 0 Å². The van der Waals surface area contributed by atoms with E-state index in [4.69, 9.17) is 52.6 Å². The third-order valence-corrected chi connectivity index (χ3v) is 18.3. The maximum Gasteiger partial charge on any atom is 0.412 e. The summed E-state index contributed by atoms with van der Waals surface area (Å²) in [6.45, 7) is 14.7. The highest BCUT2D eigenvalue weighted by Crippen LogP contribution is 2.50. The van der Waals surface area contributed by atoms with Gasteiger partial charge in [-0.05, 0) is 114 Å². The standard InChI is InChI=1S/C61H83Br2Cl2N5O14/c1-34(2)42(28-41(71)16-11-12-21-59(6,7)84-56(76)40(32-62)33-63)55(75)68-45(17-14-22-67-57(66)77)47(72)27-38-19-20-44(43(64)25-38)69-58(78)82-50-29-51(73)70(9)46-26-39(24-36(4)53(46)65)23-35(3)15-13-18-49(80-10)61(79)30-48(81-52(74)31-61)37(5)54-60(50,8)83-54/h13,15,18-20,24-26,34,37,40,42,45,48-50,54,79H,11-12,14,16-17,21-23,27-33H2,1-10H3,(H,68,75)(H,69,78)(H3,66,67,77)/b18-13+,35-15+/t37-,42+,45+,48+,49-,50+,54+,60+,61-/m1/s1. The second-order valence-electron chi connectivity index (χ2n) is 23.7. The van der Waals surface area contributed by atoms with Crippen LogP contribution in [0.1, 0.15) is 129 Å². The monoisotopic (exact) mass is 1340 g/mol. The molecule has 2 aromatic carbocycles. The van der Waals surface area contributed by atoms with E-state index in [-0.39, 0.29) is 98.0 Å². The molecule has 0 unspecified atom stereocenters. The molecule has 2 fully saturated rings. The van der Waals surface area contributed by atoms with Gasteiger partial charge in [-0.2, -0.15) is 0 Å². The van der Waals surface area contributed by atoms with Crippen molar-refractivity contribution in [3.63, 3.8) is 0 Å². The van der Waals surface area contributed by atoms with Gasteiger partial charge in [0.25, 0.3) is 0 Å². The molecule has 2 saturated heterocycles. The van der Waals surface area contributed by atoms with E-state index in [2.05, 4.69) is 47.8 Å². The summed E-state index contributed by atoms with van der Waals surface area (Å²) in [4.78, 5) is 108. The van der Waals surface area contributed by atoms with Crippen molar-refractivity contribution in [2.75, 3.05) is 41.6 Å². The number of carbonyl (C=O) groups is 8. The minimum absolute atomic E-state index is 0.00423. The number of anilines is 2. The van der Waals surface area contributed by atoms with Gasteiger partial charge >= 0.3 is 24.1 Å². The van der Waals surface area contributed by atoms with Crippen LogP contribution in [0, 0.1) is 30.6 Å². The molecule has 9 atom stereocenters. The lowest BCUT2D eigenvalue weighted by atomic mass is 9.78. The number of alkyl halides is 2. The van der Waals surface area contributed by atoms with Crippen molar-refractivity contribution < 1.29 is 67.1 Å². The summed E-state index contributed by atoms with van der Waals surface area (Å²) in [5, 5.41) is 21.4. The Hall–Kier alpha value is -4.90. The third kappa shape index (κ3) is 19.6. The van der Waals surface area contributed by atoms with Crippen LogP contribution >= 0.6 is 55.1 Å². The maximum atomic E-state index is 14.4. The Morgan fingerprint density at radius 3 is 2.37 bits per heavy atom. The SMILES string of the molecule is CO[C@@H]1/C=C/C=C(\C)Cc2cc(C)c(Cl)c(c2)N(C)C(=O)C[C@H](OC(=O)Nc2ccc(CC(=O)[C@H](CCCNC(N)=O)NC(=O)[C@@H](CC(=O)CCCCC(C)(C)OC(=O)C(CBr)CBr)C(C)C)cc2Cl)[C@]2(C)O[C@H]2[C@H](C)[C@@H]2C[C@@]1(O)CC(=O)O2. The Labute approximate surface area is 520 Å². The van der Waals surface area contributed by atoms with Crippen LogP contribution in [0.5, 0.6) is 0 Å². The molecule has 3 aliphatic rings. The number of hydrogen-bond donors (Lipinski definition) is 5. The van der Waals surface area contributed by atoms with E-state index >= 15 is 0 Å². The molecule has 6 N–H and O–H groups in total. The average Bonchev–Trinajstić information content (AvgIpc) is 1.73. The number of aryl methyl sites for hydroxylation is 1. The van der Waals surface area contributed by atoms with E-state index in [1.165, 1.54) is 24.1 Å². The third-order valence-electron chi connectivity index (χ3n) is 15.9. The van der Waals surface area contributed by atoms with Gasteiger partial charge in [0.1, 0.15) is 40.9 Å². The minimum atomic E-state index is -1.64. The first-order valence-corrected chi connectivity index (χ1v) is 31.4. The molecular weight excluding hydrogens is 1260 g/mol. The van der Waals surface area contributed by atoms with Gasteiger partial charge in [0, 0.05) is 68.9 Å². The fourth-order valence-electron chi connectivity index (χ4n) is 10.8. The van der Waals surface area contributed by atoms with Gasteiger partial charge in [0.05, 0.1) is 52.3 Å². The first-order chi connectivity index (χ1) is 39.4. The van der Waals surface area contributed by atoms with Crippen LogP contribution < -0.4 is 26.6 Å². The molecule has 4 bridgehead atoms. The molecule has 5 amide bonds. The van der Waals surface area contributed by atoms with Gasteiger partial charge in [-0.25, -0.2) is 9.59 Å². The molecule has 3 aliphatic heterocycles. The highest BCUT2D eigenvalue weighted by atomic mass is 79.9. The number of fused-ring (bicyclic) bond motifs is 5. The average molecular weight is 1340 g/mol. The number of amides is 5. The normalized spacial score (nSPS) is 24.6. The van der Waals surface area contributed by atoms with Gasteiger partial charge in [0.15, 0.2) is 5.78 Å². The number of allylic oxidation sites excluding steroid dienone is 3. The van der Waals surface area contributed by atoms with E-state index in [1.54, 1.807) is 39.1 Å². The maximum absolute atomic E-state index is 14.4. The zero-order chi connectivity index (χ0) is 62.4. The number of urea groups is 1. The molecule has 84 heavy (non-hydrogen) atoms. The first-order valence-electron chi connectivity index (χ1n) is 28.5. The highest BCUT2D eigenvalue weighted by molar-refractivity contribution is 9.09. The van der Waals surface area contributed by atoms with E-state index in [0.29, 0.717) is 52.6 Å². The number of hydrogen-bond acceptors (Lipinski definition) is 14. The molecule has 0 radical (unpaired) electrons. The van der Waals surface area contributed by atoms with Crippen LogP contribution in [-0.4, -0.2) is 131 Å². The number of primary amides is 1. The van der Waals surface area contributed by atoms with Crippen molar-refractivity contribution in [2.45, 2.75) is 180 Å². The van der Waals surface area contributed by atoms with Crippen LogP contribution in [0.25, 0.3) is 0 Å². The second-order valence-corrected chi connectivity index (χ2v) is 25.8. The second kappa shape index (κ2) is 31.1. The molecule has 2 aromatic rings. The van der Waals surface area contributed by atoms with Crippen molar-refractivity contribution in [1.29, 1.82) is 0 Å². The van der Waals surface area contributed by atoms with Crippen LogP contribution in [0.4, 0.5) is 21.0 Å². The minimum Gasteiger partial charge on any atom is -0.462 e. The van der Waals surface area contributed by atoms with E-state index in [9.17, 15) is 43.5 Å². The molecule has 3 heterocycles. The number of methoxy groups -OCH3 is 1. The van der Waals surface area contributed by atoms with Crippen LogP contribution in [0.3, 0.4) is 0 Å². The summed E-state index contributed by atoms with van der Waals surface area (Å²) in [6, 6.07) is 6.53. The van der Waals surface area contributed by atoms with E-state index < -0.39 is 89.0 Å². The molecule has 0 aromatic heterocycles. The van der Waals surface area contributed by atoms with E-state index in [0.717, 1.165) is 16.7 Å². The smallest absolute Gasteiger partial charge is 0.412 e. The number of halogens is 4. The van der Waals surface area contributed by atoms with Gasteiger partial charge in [-0.1, -0.05) is 112 Å². The lowest BCUT2D eigenvalue weighted by molar-refractivity contribution is -0.187. The van der Waals surface area contributed by atoms with Crippen LogP contribution in [-0.2, 0) is 65.3 Å². The number of esters is 2. The molecular formula is C61H83Br2Cl2N5O14. The molecule has 464 valence electrons. The number of nitrogens with two attached hydrogens (primary N) is 1. The molecule has 0 spiro atoms. The highest BCUT2D eigenvalue weighted by Gasteiger charge is 2.64. The zero-order valence-corrected chi connectivity index (χ0v) is 54.4. The summed E-state index contributed by atoms with van der Waals surface area (Å²) in [5.41, 5.74) is 5.16. The number of nitrogens with zero attached hydrogens (tertiary/aromatic N) is 1. The van der Waals surface area contributed by atoms with Crippen molar-refractivity contribution in [2.24, 2.45) is 29.4 Å². The van der Waals surface area contributed by atoms with Crippen LogP contribution in [0.2, 0.25) is 10.0 Å². The Morgan fingerprint density at radius 1 is 1.02 bits per heavy atom. The number of ketones is 2. The number of Topliss-reactive ketones (excluding diaryl/α,β-unsaturated/α-hetero) is 2. The summed E-state index contributed by atoms with van der Waals surface area (Å²) < 4.78 is 29.7. The lowest BCUT2D eigenvalue weighted by Gasteiger charge is -2.41. The lowest BCUT2D eigenvalue weighted by Crippen LogP contribution is -2.53. The largest absolute Gasteiger partial charge is 0.462 e. The predicted molar refractivity (Wildman–Crippen MR) is 329 cm³/mol. The number of epoxide rings is 1. The molecule has 5 rings (SSSR count). The van der Waals surface area contributed by atoms with Crippen LogP contribution in [0.15, 0.2) is 54.1 Å². The van der Waals surface area contributed by atoms with Gasteiger partial charge in [-0.3, -0.25) is 34.1 Å². The Kier molecular flexibility index (Phi) is 25.9. The van der Waals surface area contributed by atoms with Gasteiger partial charge < -0.3 is 50.1 Å². The number of rotatable bonds is 24. The zero-order valence-electron chi connectivity index (χ0n) is 49.7. The summed E-state index contributed by atoms with van der Waals surface area (Å²) in [6.07, 6.45) is 2.57. The van der Waals surface area contributed by atoms with Crippen molar-refractivity contribution >= 4 is 114 Å². The Balaban J connectivity index is 1.31. The Morgan fingerprint density at radius 2 is 1.73 bits per heavy atom. The molecule has 0 saturated carbocycles. The quantitative estimate of drug-likeness (QED) is 0.0215. The first kappa shape index (κ1) is 69.9. The van der Waals surface area contributed by atoms with E-state index in [1.807, 2.05) is 59.8 Å². The number of carbonyl (C=O) groups excluding carboxylic acids is 8. The number of nitrogens with one attached hydrogen (secondary N) is 3. The van der Waals surface area contributed by atoms with Gasteiger partial charge in [-0.15, -0.1) is 0 Å². The summed E-state index contributed by atoms with van der Waals surface area (Å²) >= 11 is 20.3. The molecule has 19 nitrogen and oxygen atoms in total. The molecule has 0 aliphatic carbocycles. The molecule has 23 heteroatoms. The Bertz CT molecular complexity index is 2790. The van der Waals surface area contributed by atoms with Crippen molar-refractivity contribution in [1.82, 2.24) is 10.6 Å². The number of aliphatic hydroxyl groups is 1. The number of unbranched alkanes of at least 4 members (excludes halogenated alkanes) is 1. The predicted octanol–water partition coefficient (Wildman–Crippen LogP) is 10.1. The fourth-order valence-corrected chi connectivity index (χ4v) is 12.9. The summed E-state index contributed by atoms with van der Waals surface area (Å²) in [7, 11) is 3.04. The fraction of sp³-hybridized carbons (Fsp3) is 0.607.